The monoisotopic (exact) mass is 286 g/mol. The SMILES string of the molecule is C=CCC1CCC(C2CCC(C(F)=C(F)F)CC2)CC1. The molecule has 0 aromatic heterocycles. The molecule has 0 heterocycles. The molecule has 0 aromatic carbocycles. The van der Waals surface area contributed by atoms with Crippen LogP contribution < -0.4 is 0 Å². The van der Waals surface area contributed by atoms with Crippen LogP contribution in [0.5, 0.6) is 0 Å². The van der Waals surface area contributed by atoms with Crippen molar-refractivity contribution in [2.75, 3.05) is 0 Å². The molecule has 0 radical (unpaired) electrons. The van der Waals surface area contributed by atoms with Gasteiger partial charge in [-0.2, -0.15) is 8.78 Å². The zero-order valence-electron chi connectivity index (χ0n) is 12.1. The van der Waals surface area contributed by atoms with Crippen molar-refractivity contribution in [1.82, 2.24) is 0 Å². The Balaban J connectivity index is 1.77. The van der Waals surface area contributed by atoms with Gasteiger partial charge in [0.1, 0.15) is 0 Å². The molecule has 3 heteroatoms. The zero-order chi connectivity index (χ0) is 14.5. The minimum absolute atomic E-state index is 0.520. The largest absolute Gasteiger partial charge is 0.301 e. The number of hydrogen-bond donors (Lipinski definition) is 0. The molecule has 2 fully saturated rings. The van der Waals surface area contributed by atoms with E-state index in [1.807, 2.05) is 6.08 Å². The average molecular weight is 286 g/mol. The first-order valence-corrected chi connectivity index (χ1v) is 7.93. The van der Waals surface area contributed by atoms with Gasteiger partial charge in [0.25, 0.3) is 0 Å². The maximum atomic E-state index is 13.2. The summed E-state index contributed by atoms with van der Waals surface area (Å²) >= 11 is 0. The summed E-state index contributed by atoms with van der Waals surface area (Å²) in [5.41, 5.74) is 0. The first kappa shape index (κ1) is 15.7. The van der Waals surface area contributed by atoms with Crippen molar-refractivity contribution >= 4 is 0 Å². The minimum Gasteiger partial charge on any atom is -0.206 e. The van der Waals surface area contributed by atoms with Crippen LogP contribution in [0, 0.1) is 23.7 Å². The fourth-order valence-electron chi connectivity index (χ4n) is 4.13. The number of rotatable bonds is 4. The van der Waals surface area contributed by atoms with E-state index in [0.29, 0.717) is 18.8 Å². The Bertz CT molecular complexity index is 341. The predicted octanol–water partition coefficient (Wildman–Crippen LogP) is 6.25. The van der Waals surface area contributed by atoms with Crippen LogP contribution in [0.2, 0.25) is 0 Å². The number of halogens is 3. The molecule has 0 spiro atoms. The first-order valence-electron chi connectivity index (χ1n) is 7.93. The number of hydrogen-bond acceptors (Lipinski definition) is 0. The summed E-state index contributed by atoms with van der Waals surface area (Å²) in [6.07, 6.45) is 9.09. The summed E-state index contributed by atoms with van der Waals surface area (Å²) in [4.78, 5) is 0. The highest BCUT2D eigenvalue weighted by Gasteiger charge is 2.32. The van der Waals surface area contributed by atoms with Crippen LogP contribution >= 0.6 is 0 Å². The quantitative estimate of drug-likeness (QED) is 0.535. The highest BCUT2D eigenvalue weighted by molar-refractivity contribution is 5.00. The standard InChI is InChI=1S/C17H25F3/c1-2-3-12-4-6-13(7-5-12)14-8-10-15(11-9-14)16(18)17(19)20/h2,12-15H,1,3-11H2. The van der Waals surface area contributed by atoms with E-state index in [1.54, 1.807) is 0 Å². The van der Waals surface area contributed by atoms with E-state index in [1.165, 1.54) is 25.7 Å². The molecule has 0 saturated heterocycles. The third-order valence-electron chi connectivity index (χ3n) is 5.37. The Morgan fingerprint density at radius 3 is 1.80 bits per heavy atom. The molecule has 2 aliphatic rings. The van der Waals surface area contributed by atoms with Gasteiger partial charge in [0.2, 0.25) is 0 Å². The lowest BCUT2D eigenvalue weighted by Crippen LogP contribution is -2.26. The van der Waals surface area contributed by atoms with Gasteiger partial charge < -0.3 is 0 Å². The molecule has 0 bridgehead atoms. The summed E-state index contributed by atoms with van der Waals surface area (Å²) in [5, 5.41) is 0. The molecule has 2 aliphatic carbocycles. The van der Waals surface area contributed by atoms with Crippen LogP contribution in [-0.2, 0) is 0 Å². The van der Waals surface area contributed by atoms with Crippen molar-refractivity contribution in [2.45, 2.75) is 57.8 Å². The molecule has 20 heavy (non-hydrogen) atoms. The third-order valence-corrected chi connectivity index (χ3v) is 5.37. The second-order valence-corrected chi connectivity index (χ2v) is 6.53. The van der Waals surface area contributed by atoms with Gasteiger partial charge in [-0.1, -0.05) is 6.08 Å². The second kappa shape index (κ2) is 7.33. The Labute approximate surface area is 120 Å². The van der Waals surface area contributed by atoms with Crippen LogP contribution in [0.15, 0.2) is 24.6 Å². The molecular weight excluding hydrogens is 261 g/mol. The van der Waals surface area contributed by atoms with E-state index in [4.69, 9.17) is 0 Å². The van der Waals surface area contributed by atoms with E-state index >= 15 is 0 Å². The fraction of sp³-hybridized carbons (Fsp3) is 0.765. The molecule has 0 aromatic rings. The molecule has 114 valence electrons. The maximum absolute atomic E-state index is 13.2. The number of allylic oxidation sites excluding steroid dienone is 2. The van der Waals surface area contributed by atoms with Gasteiger partial charge in [-0.15, -0.1) is 6.58 Å². The minimum atomic E-state index is -2.11. The predicted molar refractivity (Wildman–Crippen MR) is 76.1 cm³/mol. The van der Waals surface area contributed by atoms with Gasteiger partial charge in [0.05, 0.1) is 0 Å². The van der Waals surface area contributed by atoms with Crippen molar-refractivity contribution in [3.05, 3.63) is 24.6 Å². The summed E-state index contributed by atoms with van der Waals surface area (Å²) in [5.74, 6) is 0.485. The highest BCUT2D eigenvalue weighted by Crippen LogP contribution is 2.44. The lowest BCUT2D eigenvalue weighted by Gasteiger charge is -2.37. The van der Waals surface area contributed by atoms with Crippen molar-refractivity contribution in [3.8, 4) is 0 Å². The molecular formula is C17H25F3. The third kappa shape index (κ3) is 3.89. The van der Waals surface area contributed by atoms with Crippen LogP contribution in [-0.4, -0.2) is 0 Å². The zero-order valence-corrected chi connectivity index (χ0v) is 12.1. The van der Waals surface area contributed by atoms with Crippen molar-refractivity contribution in [2.24, 2.45) is 23.7 Å². The van der Waals surface area contributed by atoms with E-state index < -0.39 is 17.8 Å². The highest BCUT2D eigenvalue weighted by atomic mass is 19.3. The van der Waals surface area contributed by atoms with Gasteiger partial charge in [-0.25, -0.2) is 4.39 Å². The summed E-state index contributed by atoms with van der Waals surface area (Å²) in [6.45, 7) is 3.80. The average Bonchev–Trinajstić information content (AvgIpc) is 2.48. The van der Waals surface area contributed by atoms with E-state index in [-0.39, 0.29) is 0 Å². The molecule has 2 saturated carbocycles. The fourth-order valence-corrected chi connectivity index (χ4v) is 4.13. The second-order valence-electron chi connectivity index (χ2n) is 6.53. The lowest BCUT2D eigenvalue weighted by molar-refractivity contribution is 0.146. The molecule has 0 nitrogen and oxygen atoms in total. The summed E-state index contributed by atoms with van der Waals surface area (Å²) in [7, 11) is 0. The van der Waals surface area contributed by atoms with E-state index in [2.05, 4.69) is 6.58 Å². The molecule has 0 amide bonds. The Kier molecular flexibility index (Phi) is 5.74. The lowest BCUT2D eigenvalue weighted by atomic mass is 9.69. The summed E-state index contributed by atoms with van der Waals surface area (Å²) in [6, 6.07) is 0. The molecule has 2 rings (SSSR count). The van der Waals surface area contributed by atoms with Gasteiger partial charge in [0, 0.05) is 5.92 Å². The van der Waals surface area contributed by atoms with Crippen molar-refractivity contribution < 1.29 is 13.2 Å². The van der Waals surface area contributed by atoms with Gasteiger partial charge >= 0.3 is 6.08 Å². The molecule has 0 atom stereocenters. The van der Waals surface area contributed by atoms with Crippen molar-refractivity contribution in [1.29, 1.82) is 0 Å². The van der Waals surface area contributed by atoms with Crippen molar-refractivity contribution in [3.63, 3.8) is 0 Å². The first-order chi connectivity index (χ1) is 9.61. The Hall–Kier alpha value is -0.730. The smallest absolute Gasteiger partial charge is 0.206 e. The molecule has 0 aliphatic heterocycles. The van der Waals surface area contributed by atoms with Crippen LogP contribution in [0.3, 0.4) is 0 Å². The van der Waals surface area contributed by atoms with Gasteiger partial charge in [-0.05, 0) is 75.5 Å². The van der Waals surface area contributed by atoms with E-state index in [9.17, 15) is 13.2 Å². The molecule has 0 unspecified atom stereocenters. The van der Waals surface area contributed by atoms with Crippen LogP contribution in [0.1, 0.15) is 57.8 Å². The topological polar surface area (TPSA) is 0 Å². The summed E-state index contributed by atoms with van der Waals surface area (Å²) < 4.78 is 37.8. The van der Waals surface area contributed by atoms with Gasteiger partial charge in [0.15, 0.2) is 5.83 Å². The normalized spacial score (nSPS) is 34.5. The Morgan fingerprint density at radius 1 is 0.850 bits per heavy atom. The maximum Gasteiger partial charge on any atom is 0.301 e. The Morgan fingerprint density at radius 2 is 1.35 bits per heavy atom. The van der Waals surface area contributed by atoms with Crippen LogP contribution in [0.4, 0.5) is 13.2 Å². The molecule has 0 N–H and O–H groups in total. The van der Waals surface area contributed by atoms with Crippen LogP contribution in [0.25, 0.3) is 0 Å². The van der Waals surface area contributed by atoms with E-state index in [0.717, 1.165) is 31.1 Å². The van der Waals surface area contributed by atoms with Gasteiger partial charge in [-0.3, -0.25) is 0 Å².